The number of rotatable bonds is 6. The average Bonchev–Trinajstić information content (AvgIpc) is 2.38. The van der Waals surface area contributed by atoms with Crippen LogP contribution in [0.25, 0.3) is 0 Å². The van der Waals surface area contributed by atoms with Gasteiger partial charge in [-0.15, -0.1) is 6.58 Å². The normalized spacial score (nSPS) is 10.2. The molecule has 17 heavy (non-hydrogen) atoms. The van der Waals surface area contributed by atoms with E-state index in [1.54, 1.807) is 24.3 Å². The molecule has 2 N–H and O–H groups in total. The minimum Gasteiger partial charge on any atom is -0.333 e. The first-order chi connectivity index (χ1) is 8.14. The van der Waals surface area contributed by atoms with Crippen LogP contribution in [0.2, 0.25) is 0 Å². The monoisotopic (exact) mass is 259 g/mol. The fourth-order valence-corrected chi connectivity index (χ4v) is 1.49. The summed E-state index contributed by atoms with van der Waals surface area (Å²) in [5.41, 5.74) is 5.27. The van der Waals surface area contributed by atoms with Crippen molar-refractivity contribution in [1.29, 1.82) is 0 Å². The molecule has 6 heteroatoms. The predicted octanol–water partition coefficient (Wildman–Crippen LogP) is 1.23. The van der Waals surface area contributed by atoms with Crippen LogP contribution in [0, 0.1) is 0 Å². The highest BCUT2D eigenvalue weighted by molar-refractivity contribution is 7.81. The van der Waals surface area contributed by atoms with Gasteiger partial charge in [-0.3, -0.25) is 0 Å². The van der Waals surface area contributed by atoms with E-state index in [0.717, 1.165) is 5.56 Å². The third-order valence-electron chi connectivity index (χ3n) is 1.54. The number of hydrogen-bond donors (Lipinski definition) is 1. The van der Waals surface area contributed by atoms with Crippen LogP contribution in [-0.4, -0.2) is 22.1 Å². The van der Waals surface area contributed by atoms with Gasteiger partial charge in [0.05, 0.1) is 13.2 Å². The van der Waals surface area contributed by atoms with Crippen LogP contribution in [0.4, 0.5) is 0 Å². The molecule has 0 radical (unpaired) electrons. The Morgan fingerprint density at radius 1 is 1.24 bits per heavy atom. The summed E-state index contributed by atoms with van der Waals surface area (Å²) in [5, 5.41) is 0. The van der Waals surface area contributed by atoms with E-state index in [1.807, 2.05) is 6.07 Å². The molecule has 0 aromatic heterocycles. The first-order valence-electron chi connectivity index (χ1n) is 4.90. The molecule has 0 saturated carbocycles. The van der Waals surface area contributed by atoms with Gasteiger partial charge in [0.2, 0.25) is 0 Å². The zero-order chi connectivity index (χ0) is 13.1. The predicted molar refractivity (Wildman–Crippen MR) is 66.4 cm³/mol. The first kappa shape index (κ1) is 15.8. The van der Waals surface area contributed by atoms with Gasteiger partial charge in [-0.1, -0.05) is 36.4 Å². The summed E-state index contributed by atoms with van der Waals surface area (Å²) in [4.78, 5) is 0. The molecule has 0 spiro atoms. The van der Waals surface area contributed by atoms with Crippen LogP contribution in [0.5, 0.6) is 0 Å². The van der Waals surface area contributed by atoms with Crippen molar-refractivity contribution in [3.63, 3.8) is 0 Å². The second-order valence-electron chi connectivity index (χ2n) is 2.73. The summed E-state index contributed by atoms with van der Waals surface area (Å²) in [7, 11) is -2.41. The summed E-state index contributed by atoms with van der Waals surface area (Å²) < 4.78 is 31.2. The zero-order valence-electron chi connectivity index (χ0n) is 9.70. The summed E-state index contributed by atoms with van der Waals surface area (Å²) in [5.74, 6) is 0. The molecule has 0 fully saturated rings. The van der Waals surface area contributed by atoms with Crippen molar-refractivity contribution in [2.75, 3.05) is 13.7 Å². The second-order valence-corrected chi connectivity index (χ2v) is 4.02. The summed E-state index contributed by atoms with van der Waals surface area (Å²) in [6, 6.07) is 8.98. The van der Waals surface area contributed by atoms with Crippen LogP contribution in [-0.2, 0) is 25.4 Å². The number of benzene rings is 1. The van der Waals surface area contributed by atoms with Crippen LogP contribution < -0.4 is 5.73 Å². The van der Waals surface area contributed by atoms with E-state index in [1.165, 1.54) is 13.1 Å². The van der Waals surface area contributed by atoms with Gasteiger partial charge >= 0.3 is 10.4 Å². The molecule has 0 aliphatic heterocycles. The van der Waals surface area contributed by atoms with E-state index < -0.39 is 10.4 Å². The maximum Gasteiger partial charge on any atom is 0.400 e. The van der Waals surface area contributed by atoms with Gasteiger partial charge in [0, 0.05) is 0 Å². The quantitative estimate of drug-likeness (QED) is 0.777. The molecule has 0 aliphatic carbocycles. The topological polar surface area (TPSA) is 78.6 Å². The second kappa shape index (κ2) is 8.89. The van der Waals surface area contributed by atoms with E-state index >= 15 is 0 Å². The lowest BCUT2D eigenvalue weighted by Crippen LogP contribution is -2.10. The van der Waals surface area contributed by atoms with Gasteiger partial charge in [-0.2, -0.15) is 8.42 Å². The fraction of sp³-hybridized carbons (Fsp3) is 0.273. The highest BCUT2D eigenvalue weighted by Crippen LogP contribution is 2.05. The molecule has 0 unspecified atom stereocenters. The standard InChI is InChI=1S/C10H12O4S.CH5N/c1-2-8-13-15(11,12)14-9-10-6-4-3-5-7-10;1-2/h2-7H,1,8-9H2;2H2,1H3. The lowest BCUT2D eigenvalue weighted by molar-refractivity contribution is 0.222. The maximum absolute atomic E-state index is 11.1. The van der Waals surface area contributed by atoms with Gasteiger partial charge in [0.25, 0.3) is 0 Å². The molecule has 1 aromatic rings. The Morgan fingerprint density at radius 3 is 2.35 bits per heavy atom. The Labute approximate surface area is 102 Å². The molecule has 0 atom stereocenters. The maximum atomic E-state index is 11.1. The Balaban J connectivity index is 0.00000121. The first-order valence-corrected chi connectivity index (χ1v) is 6.24. The van der Waals surface area contributed by atoms with E-state index in [2.05, 4.69) is 20.7 Å². The molecule has 0 amide bonds. The van der Waals surface area contributed by atoms with E-state index in [-0.39, 0.29) is 13.2 Å². The van der Waals surface area contributed by atoms with Gasteiger partial charge in [-0.05, 0) is 12.6 Å². The summed E-state index contributed by atoms with van der Waals surface area (Å²) >= 11 is 0. The Kier molecular flexibility index (Phi) is 8.25. The fourth-order valence-electron chi connectivity index (χ4n) is 0.880. The van der Waals surface area contributed by atoms with E-state index in [9.17, 15) is 8.42 Å². The van der Waals surface area contributed by atoms with Crippen molar-refractivity contribution < 1.29 is 16.8 Å². The summed E-state index contributed by atoms with van der Waals surface area (Å²) in [6.07, 6.45) is 1.34. The van der Waals surface area contributed by atoms with Crippen molar-refractivity contribution >= 4 is 10.4 Å². The number of nitrogens with two attached hydrogens (primary N) is 1. The molecule has 0 heterocycles. The highest BCUT2D eigenvalue weighted by Gasteiger charge is 2.10. The molecule has 0 saturated heterocycles. The molecule has 96 valence electrons. The van der Waals surface area contributed by atoms with Gasteiger partial charge in [0.15, 0.2) is 0 Å². The minimum atomic E-state index is -3.91. The van der Waals surface area contributed by atoms with Crippen molar-refractivity contribution in [2.24, 2.45) is 5.73 Å². The molecular weight excluding hydrogens is 242 g/mol. The van der Waals surface area contributed by atoms with Gasteiger partial charge < -0.3 is 5.73 Å². The SMILES string of the molecule is C=CCOS(=O)(=O)OCc1ccccc1.CN. The van der Waals surface area contributed by atoms with Gasteiger partial charge in [-0.25, -0.2) is 8.37 Å². The van der Waals surface area contributed by atoms with Crippen LogP contribution in [0.15, 0.2) is 43.0 Å². The van der Waals surface area contributed by atoms with Crippen molar-refractivity contribution in [3.05, 3.63) is 48.6 Å². The molecule has 1 aromatic carbocycles. The highest BCUT2D eigenvalue weighted by atomic mass is 32.3. The zero-order valence-corrected chi connectivity index (χ0v) is 10.5. The minimum absolute atomic E-state index is 0.0275. The van der Waals surface area contributed by atoms with Crippen LogP contribution >= 0.6 is 0 Å². The van der Waals surface area contributed by atoms with Crippen molar-refractivity contribution in [2.45, 2.75) is 6.61 Å². The van der Waals surface area contributed by atoms with E-state index in [4.69, 9.17) is 0 Å². The molecule has 0 aliphatic rings. The largest absolute Gasteiger partial charge is 0.400 e. The lowest BCUT2D eigenvalue weighted by Gasteiger charge is -2.03. The van der Waals surface area contributed by atoms with Crippen LogP contribution in [0.1, 0.15) is 5.56 Å². The average molecular weight is 259 g/mol. The summed E-state index contributed by atoms with van der Waals surface area (Å²) in [6.45, 7) is 3.22. The molecule has 0 bridgehead atoms. The van der Waals surface area contributed by atoms with Crippen molar-refractivity contribution in [3.8, 4) is 0 Å². The molecule has 5 nitrogen and oxygen atoms in total. The lowest BCUT2D eigenvalue weighted by atomic mass is 10.2. The number of hydrogen-bond acceptors (Lipinski definition) is 5. The Morgan fingerprint density at radius 2 is 1.82 bits per heavy atom. The van der Waals surface area contributed by atoms with Crippen molar-refractivity contribution in [1.82, 2.24) is 0 Å². The van der Waals surface area contributed by atoms with Crippen LogP contribution in [0.3, 0.4) is 0 Å². The third-order valence-corrected chi connectivity index (χ3v) is 2.37. The molecular formula is C11H17NO4S. The molecule has 1 rings (SSSR count). The third kappa shape index (κ3) is 7.64. The van der Waals surface area contributed by atoms with E-state index in [0.29, 0.717) is 0 Å². The Bertz CT molecular complexity index is 403. The Hall–Kier alpha value is -1.21. The smallest absolute Gasteiger partial charge is 0.333 e. The van der Waals surface area contributed by atoms with Gasteiger partial charge in [0.1, 0.15) is 0 Å².